The molecule has 1 heterocycles. The Bertz CT molecular complexity index is 411. The van der Waals surface area contributed by atoms with E-state index in [4.69, 9.17) is 5.11 Å². The Kier molecular flexibility index (Phi) is 4.27. The second kappa shape index (κ2) is 5.07. The van der Waals surface area contributed by atoms with Gasteiger partial charge in [0.2, 0.25) is 10.0 Å². The molecular formula is C9H15NO3S2. The van der Waals surface area contributed by atoms with E-state index in [1.165, 1.54) is 22.8 Å². The lowest BCUT2D eigenvalue weighted by Crippen LogP contribution is -2.31. The molecule has 0 aliphatic rings. The molecular weight excluding hydrogens is 234 g/mol. The number of thiophene rings is 1. The van der Waals surface area contributed by atoms with Crippen molar-refractivity contribution in [2.24, 2.45) is 0 Å². The van der Waals surface area contributed by atoms with Crippen LogP contribution in [0.4, 0.5) is 0 Å². The van der Waals surface area contributed by atoms with Crippen LogP contribution in [0.15, 0.2) is 16.3 Å². The van der Waals surface area contributed by atoms with Gasteiger partial charge in [-0.1, -0.05) is 6.92 Å². The van der Waals surface area contributed by atoms with Gasteiger partial charge in [-0.05, 0) is 19.4 Å². The lowest BCUT2D eigenvalue weighted by Gasteiger charge is -2.10. The summed E-state index contributed by atoms with van der Waals surface area (Å²) in [5.74, 6) is 0. The molecule has 0 radical (unpaired) electrons. The highest BCUT2D eigenvalue weighted by molar-refractivity contribution is 7.89. The lowest BCUT2D eigenvalue weighted by atomic mass is 10.3. The van der Waals surface area contributed by atoms with E-state index in [1.54, 1.807) is 0 Å². The minimum Gasteiger partial charge on any atom is -0.391 e. The number of aliphatic hydroxyl groups excluding tert-OH is 1. The molecule has 1 rings (SSSR count). The van der Waals surface area contributed by atoms with E-state index in [2.05, 4.69) is 4.72 Å². The van der Waals surface area contributed by atoms with Gasteiger partial charge < -0.3 is 5.11 Å². The van der Waals surface area contributed by atoms with Crippen molar-refractivity contribution in [2.45, 2.75) is 37.8 Å². The number of sulfonamides is 1. The molecule has 0 aromatic carbocycles. The molecule has 2 N–H and O–H groups in total. The van der Waals surface area contributed by atoms with Crippen LogP contribution in [0.3, 0.4) is 0 Å². The smallest absolute Gasteiger partial charge is 0.241 e. The molecule has 0 bridgehead atoms. The van der Waals surface area contributed by atoms with Crippen LogP contribution < -0.4 is 4.72 Å². The molecule has 1 unspecified atom stereocenters. The van der Waals surface area contributed by atoms with Crippen LogP contribution in [0, 0.1) is 0 Å². The van der Waals surface area contributed by atoms with Gasteiger partial charge in [-0.15, -0.1) is 11.3 Å². The van der Waals surface area contributed by atoms with Crippen LogP contribution >= 0.6 is 11.3 Å². The van der Waals surface area contributed by atoms with Crippen molar-refractivity contribution in [3.05, 3.63) is 16.3 Å². The molecule has 0 aliphatic heterocycles. The maximum atomic E-state index is 11.7. The largest absolute Gasteiger partial charge is 0.391 e. The fourth-order valence-corrected chi connectivity index (χ4v) is 3.46. The van der Waals surface area contributed by atoms with Gasteiger partial charge in [-0.25, -0.2) is 13.1 Å². The third-order valence-corrected chi connectivity index (χ3v) is 4.70. The minimum atomic E-state index is -3.41. The maximum absolute atomic E-state index is 11.7. The number of aliphatic hydroxyl groups is 1. The van der Waals surface area contributed by atoms with Gasteiger partial charge in [-0.2, -0.15) is 0 Å². The average Bonchev–Trinajstić information content (AvgIpc) is 2.65. The van der Waals surface area contributed by atoms with E-state index in [9.17, 15) is 8.42 Å². The molecule has 6 heteroatoms. The van der Waals surface area contributed by atoms with Gasteiger partial charge in [0.25, 0.3) is 0 Å². The zero-order chi connectivity index (χ0) is 11.5. The molecule has 4 nitrogen and oxygen atoms in total. The van der Waals surface area contributed by atoms with E-state index >= 15 is 0 Å². The molecule has 1 atom stereocenters. The van der Waals surface area contributed by atoms with Gasteiger partial charge in [0, 0.05) is 16.3 Å². The van der Waals surface area contributed by atoms with Gasteiger partial charge in [0.15, 0.2) is 0 Å². The summed E-state index contributed by atoms with van der Waals surface area (Å²) in [6, 6.07) is 1.42. The van der Waals surface area contributed by atoms with Crippen molar-refractivity contribution < 1.29 is 13.5 Å². The minimum absolute atomic E-state index is 0.0764. The van der Waals surface area contributed by atoms with Crippen LogP contribution in [0.5, 0.6) is 0 Å². The van der Waals surface area contributed by atoms with Crippen LogP contribution in [-0.2, 0) is 16.6 Å². The average molecular weight is 249 g/mol. The quantitative estimate of drug-likeness (QED) is 0.827. The summed E-state index contributed by atoms with van der Waals surface area (Å²) in [6.07, 6.45) is 0.746. The molecule has 0 spiro atoms. The first-order chi connectivity index (χ1) is 6.99. The molecule has 86 valence electrons. The molecule has 0 aliphatic carbocycles. The topological polar surface area (TPSA) is 66.4 Å². The first kappa shape index (κ1) is 12.6. The molecule has 0 fully saturated rings. The van der Waals surface area contributed by atoms with E-state index in [-0.39, 0.29) is 17.5 Å². The van der Waals surface area contributed by atoms with E-state index < -0.39 is 10.0 Å². The maximum Gasteiger partial charge on any atom is 0.241 e. The molecule has 0 amide bonds. The SMILES string of the molecule is CCC(C)NS(=O)(=O)c1csc(CO)c1. The molecule has 1 aromatic heterocycles. The fraction of sp³-hybridized carbons (Fsp3) is 0.556. The Balaban J connectivity index is 2.86. The normalized spacial score (nSPS) is 14.1. The zero-order valence-electron chi connectivity index (χ0n) is 8.73. The second-order valence-electron chi connectivity index (χ2n) is 3.34. The van der Waals surface area contributed by atoms with Crippen molar-refractivity contribution in [1.29, 1.82) is 0 Å². The first-order valence-electron chi connectivity index (χ1n) is 4.70. The number of hydrogen-bond acceptors (Lipinski definition) is 4. The standard InChI is InChI=1S/C9H15NO3S2/c1-3-7(2)10-15(12,13)9-4-8(5-11)14-6-9/h4,6-7,10-11H,3,5H2,1-2H3. The Morgan fingerprint density at radius 3 is 2.73 bits per heavy atom. The molecule has 1 aromatic rings. The highest BCUT2D eigenvalue weighted by Crippen LogP contribution is 2.19. The summed E-state index contributed by atoms with van der Waals surface area (Å²) in [5, 5.41) is 10.4. The zero-order valence-corrected chi connectivity index (χ0v) is 10.4. The summed E-state index contributed by atoms with van der Waals surface area (Å²) < 4.78 is 26.0. The van der Waals surface area contributed by atoms with Crippen LogP contribution in [-0.4, -0.2) is 19.6 Å². The van der Waals surface area contributed by atoms with E-state index in [0.717, 1.165) is 6.42 Å². The Morgan fingerprint density at radius 1 is 1.60 bits per heavy atom. The van der Waals surface area contributed by atoms with Crippen molar-refractivity contribution in [2.75, 3.05) is 0 Å². The van der Waals surface area contributed by atoms with Gasteiger partial charge in [-0.3, -0.25) is 0 Å². The predicted molar refractivity (Wildman–Crippen MR) is 60.3 cm³/mol. The van der Waals surface area contributed by atoms with Crippen LogP contribution in [0.25, 0.3) is 0 Å². The number of nitrogens with one attached hydrogen (secondary N) is 1. The second-order valence-corrected chi connectivity index (χ2v) is 6.05. The summed E-state index contributed by atoms with van der Waals surface area (Å²) in [4.78, 5) is 0.886. The number of hydrogen-bond donors (Lipinski definition) is 2. The summed E-state index contributed by atoms with van der Waals surface area (Å²) in [5.41, 5.74) is 0. The highest BCUT2D eigenvalue weighted by atomic mass is 32.2. The van der Waals surface area contributed by atoms with Crippen molar-refractivity contribution in [3.63, 3.8) is 0 Å². The summed E-state index contributed by atoms with van der Waals surface area (Å²) in [7, 11) is -3.41. The molecule has 0 saturated heterocycles. The van der Waals surface area contributed by atoms with Crippen LogP contribution in [0.2, 0.25) is 0 Å². The highest BCUT2D eigenvalue weighted by Gasteiger charge is 2.17. The van der Waals surface area contributed by atoms with E-state index in [0.29, 0.717) is 4.88 Å². The van der Waals surface area contributed by atoms with E-state index in [1.807, 2.05) is 13.8 Å². The molecule has 0 saturated carbocycles. The van der Waals surface area contributed by atoms with Crippen LogP contribution in [0.1, 0.15) is 25.1 Å². The number of rotatable bonds is 5. The van der Waals surface area contributed by atoms with Gasteiger partial charge >= 0.3 is 0 Å². The lowest BCUT2D eigenvalue weighted by molar-refractivity contribution is 0.285. The third-order valence-electron chi connectivity index (χ3n) is 2.06. The molecule has 15 heavy (non-hydrogen) atoms. The van der Waals surface area contributed by atoms with Crippen molar-refractivity contribution in [3.8, 4) is 0 Å². The summed E-state index contributed by atoms with van der Waals surface area (Å²) in [6.45, 7) is 3.61. The monoisotopic (exact) mass is 249 g/mol. The van der Waals surface area contributed by atoms with Gasteiger partial charge in [0.05, 0.1) is 11.5 Å². The van der Waals surface area contributed by atoms with Crippen molar-refractivity contribution in [1.82, 2.24) is 4.72 Å². The summed E-state index contributed by atoms with van der Waals surface area (Å²) >= 11 is 1.24. The van der Waals surface area contributed by atoms with Crippen molar-refractivity contribution >= 4 is 21.4 Å². The Hall–Kier alpha value is -0.430. The Morgan fingerprint density at radius 2 is 2.27 bits per heavy atom. The third kappa shape index (κ3) is 3.27. The Labute approximate surface area is 94.0 Å². The first-order valence-corrected chi connectivity index (χ1v) is 7.06. The van der Waals surface area contributed by atoms with Gasteiger partial charge in [0.1, 0.15) is 0 Å². The predicted octanol–water partition coefficient (Wildman–Crippen LogP) is 1.32. The fourth-order valence-electron chi connectivity index (χ4n) is 1.00.